The molecule has 0 unspecified atom stereocenters. The van der Waals surface area contributed by atoms with E-state index >= 15 is 0 Å². The first-order chi connectivity index (χ1) is 11.7. The summed E-state index contributed by atoms with van der Waals surface area (Å²) in [7, 11) is 1.56. The topological polar surface area (TPSA) is 108 Å². The number of hydrogen-bond acceptors (Lipinski definition) is 6. The number of nitrogens with one attached hydrogen (secondary N) is 1. The third-order valence-corrected chi connectivity index (χ3v) is 4.35. The van der Waals surface area contributed by atoms with Gasteiger partial charge >= 0.3 is 0 Å². The Hall–Kier alpha value is -1.67. The highest BCUT2D eigenvalue weighted by atomic mass is 16.5. The molecule has 7 heteroatoms. The van der Waals surface area contributed by atoms with Crippen molar-refractivity contribution in [3.63, 3.8) is 0 Å². The van der Waals surface area contributed by atoms with Crippen LogP contribution in [0.25, 0.3) is 0 Å². The Morgan fingerprint density at radius 1 is 1.20 bits per heavy atom. The maximum Gasteiger partial charge on any atom is 0.225 e. The van der Waals surface area contributed by atoms with Gasteiger partial charge in [-0.1, -0.05) is 32.9 Å². The molecule has 1 aliphatic rings. The van der Waals surface area contributed by atoms with Crippen LogP contribution in [0.1, 0.15) is 32.4 Å². The van der Waals surface area contributed by atoms with Gasteiger partial charge in [0.2, 0.25) is 5.91 Å². The number of rotatable bonds is 4. The largest absolute Gasteiger partial charge is 0.497 e. The minimum Gasteiger partial charge on any atom is -0.497 e. The lowest BCUT2D eigenvalue weighted by Crippen LogP contribution is -2.62. The second-order valence-corrected chi connectivity index (χ2v) is 7.28. The summed E-state index contributed by atoms with van der Waals surface area (Å²) in [4.78, 5) is 12.4. The molecule has 5 atom stereocenters. The lowest BCUT2D eigenvalue weighted by atomic mass is 9.87. The quantitative estimate of drug-likeness (QED) is 0.623. The van der Waals surface area contributed by atoms with Gasteiger partial charge in [0.25, 0.3) is 0 Å². The van der Waals surface area contributed by atoms with E-state index in [0.717, 1.165) is 0 Å². The third-order valence-electron chi connectivity index (χ3n) is 4.35. The second kappa shape index (κ2) is 7.70. The van der Waals surface area contributed by atoms with E-state index in [-0.39, 0.29) is 5.91 Å². The van der Waals surface area contributed by atoms with Gasteiger partial charge in [0.1, 0.15) is 30.2 Å². The number of amides is 1. The molecule has 1 fully saturated rings. The van der Waals surface area contributed by atoms with Crippen LogP contribution in [0.4, 0.5) is 0 Å². The van der Waals surface area contributed by atoms with Gasteiger partial charge in [-0.2, -0.15) is 0 Å². The van der Waals surface area contributed by atoms with Crippen LogP contribution in [0.3, 0.4) is 0 Å². The molecule has 0 aliphatic carbocycles. The predicted octanol–water partition coefficient (Wildman–Crippen LogP) is 0.380. The van der Waals surface area contributed by atoms with Crippen molar-refractivity contribution in [2.24, 2.45) is 5.41 Å². The van der Waals surface area contributed by atoms with Crippen LogP contribution in [-0.2, 0) is 9.53 Å². The predicted molar refractivity (Wildman–Crippen MR) is 91.1 cm³/mol. The first kappa shape index (κ1) is 19.7. The number of hydrogen-bond donors (Lipinski definition) is 4. The molecule has 1 aromatic carbocycles. The molecule has 1 aromatic rings. The van der Waals surface area contributed by atoms with Crippen molar-refractivity contribution >= 4 is 5.91 Å². The Labute approximate surface area is 147 Å². The van der Waals surface area contributed by atoms with E-state index in [0.29, 0.717) is 11.3 Å². The SMILES string of the molecule is COc1ccc([C@@H]2O[C@H](CO)[C@H](O)[C@H](O)[C@H]2NC(=O)C(C)(C)C)cc1. The Morgan fingerprint density at radius 3 is 2.28 bits per heavy atom. The summed E-state index contributed by atoms with van der Waals surface area (Å²) < 4.78 is 10.9. The van der Waals surface area contributed by atoms with Crippen LogP contribution in [-0.4, -0.2) is 59.3 Å². The number of carbonyl (C=O) groups is 1. The van der Waals surface area contributed by atoms with Crippen molar-refractivity contribution < 1.29 is 29.6 Å². The van der Waals surface area contributed by atoms with Crippen molar-refractivity contribution in [3.05, 3.63) is 29.8 Å². The maximum absolute atomic E-state index is 12.4. The van der Waals surface area contributed by atoms with E-state index in [1.54, 1.807) is 52.1 Å². The first-order valence-electron chi connectivity index (χ1n) is 8.26. The fourth-order valence-corrected chi connectivity index (χ4v) is 2.72. The highest BCUT2D eigenvalue weighted by molar-refractivity contribution is 5.81. The van der Waals surface area contributed by atoms with Crippen LogP contribution in [0.2, 0.25) is 0 Å². The smallest absolute Gasteiger partial charge is 0.225 e. The summed E-state index contributed by atoms with van der Waals surface area (Å²) in [5.74, 6) is 0.391. The zero-order chi connectivity index (χ0) is 18.8. The monoisotopic (exact) mass is 353 g/mol. The average molecular weight is 353 g/mol. The Kier molecular flexibility index (Phi) is 6.05. The summed E-state index contributed by atoms with van der Waals surface area (Å²) >= 11 is 0. The molecule has 0 aromatic heterocycles. The fraction of sp³-hybridized carbons (Fsp3) is 0.611. The van der Waals surface area contributed by atoms with Crippen LogP contribution >= 0.6 is 0 Å². The van der Waals surface area contributed by atoms with Gasteiger partial charge in [0, 0.05) is 5.41 Å². The fourth-order valence-electron chi connectivity index (χ4n) is 2.72. The molecular weight excluding hydrogens is 326 g/mol. The molecule has 1 saturated heterocycles. The zero-order valence-electron chi connectivity index (χ0n) is 15.0. The molecule has 0 spiro atoms. The van der Waals surface area contributed by atoms with Crippen molar-refractivity contribution in [1.29, 1.82) is 0 Å². The normalized spacial score (nSPS) is 30.0. The van der Waals surface area contributed by atoms with E-state index in [9.17, 15) is 20.1 Å². The molecule has 2 rings (SSSR count). The van der Waals surface area contributed by atoms with Crippen LogP contribution in [0.15, 0.2) is 24.3 Å². The van der Waals surface area contributed by atoms with Crippen molar-refractivity contribution in [2.75, 3.05) is 13.7 Å². The molecule has 1 heterocycles. The van der Waals surface area contributed by atoms with Crippen LogP contribution in [0.5, 0.6) is 5.75 Å². The van der Waals surface area contributed by atoms with Crippen molar-refractivity contribution in [1.82, 2.24) is 5.32 Å². The highest BCUT2D eigenvalue weighted by Gasteiger charge is 2.46. The number of aliphatic hydroxyl groups is 3. The summed E-state index contributed by atoms with van der Waals surface area (Å²) in [5, 5.41) is 32.9. The Bertz CT molecular complexity index is 582. The van der Waals surface area contributed by atoms with Gasteiger partial charge in [-0.25, -0.2) is 0 Å². The van der Waals surface area contributed by atoms with Crippen LogP contribution < -0.4 is 10.1 Å². The van der Waals surface area contributed by atoms with Gasteiger partial charge in [0.05, 0.1) is 19.8 Å². The molecule has 7 nitrogen and oxygen atoms in total. The minimum atomic E-state index is -1.30. The summed E-state index contributed by atoms with van der Waals surface area (Å²) in [6.07, 6.45) is -4.23. The molecule has 1 amide bonds. The maximum atomic E-state index is 12.4. The number of carbonyl (C=O) groups excluding carboxylic acids is 1. The molecule has 25 heavy (non-hydrogen) atoms. The number of ether oxygens (including phenoxy) is 2. The summed E-state index contributed by atoms with van der Waals surface area (Å²) in [5.41, 5.74) is 0.0348. The van der Waals surface area contributed by atoms with Gasteiger partial charge in [-0.15, -0.1) is 0 Å². The standard InChI is InChI=1S/C18H27NO6/c1-18(2,3)17(23)19-13-15(22)14(21)12(9-20)25-16(13)10-5-7-11(24-4)8-6-10/h5-8,12-16,20-22H,9H2,1-4H3,(H,19,23)/t12-,13-,14+,15-,16+/m1/s1. The molecule has 1 aliphatic heterocycles. The first-order valence-corrected chi connectivity index (χ1v) is 8.26. The molecule has 0 radical (unpaired) electrons. The summed E-state index contributed by atoms with van der Waals surface area (Å²) in [6.45, 7) is 4.83. The number of aliphatic hydroxyl groups excluding tert-OH is 3. The number of benzene rings is 1. The molecular formula is C18H27NO6. The average Bonchev–Trinajstić information content (AvgIpc) is 2.58. The number of methoxy groups -OCH3 is 1. The van der Waals surface area contributed by atoms with Gasteiger partial charge < -0.3 is 30.1 Å². The van der Waals surface area contributed by atoms with Gasteiger partial charge in [-0.3, -0.25) is 4.79 Å². The Balaban J connectivity index is 2.33. The molecule has 0 saturated carbocycles. The summed E-state index contributed by atoms with van der Waals surface area (Å²) in [6, 6.07) is 6.16. The van der Waals surface area contributed by atoms with E-state index in [1.807, 2.05) is 0 Å². The van der Waals surface area contributed by atoms with Gasteiger partial charge in [0.15, 0.2) is 0 Å². The van der Waals surface area contributed by atoms with Crippen LogP contribution in [0, 0.1) is 5.41 Å². The van der Waals surface area contributed by atoms with E-state index in [4.69, 9.17) is 9.47 Å². The Morgan fingerprint density at radius 2 is 1.80 bits per heavy atom. The van der Waals surface area contributed by atoms with Gasteiger partial charge in [-0.05, 0) is 17.7 Å². The molecule has 140 valence electrons. The van der Waals surface area contributed by atoms with E-state index < -0.39 is 42.5 Å². The lowest BCUT2D eigenvalue weighted by molar-refractivity contribution is -0.198. The van der Waals surface area contributed by atoms with Crippen molar-refractivity contribution in [2.45, 2.75) is 51.2 Å². The minimum absolute atomic E-state index is 0.270. The zero-order valence-corrected chi connectivity index (χ0v) is 15.0. The van der Waals surface area contributed by atoms with E-state index in [1.165, 1.54) is 0 Å². The second-order valence-electron chi connectivity index (χ2n) is 7.28. The highest BCUT2D eigenvalue weighted by Crippen LogP contribution is 2.33. The molecule has 0 bridgehead atoms. The lowest BCUT2D eigenvalue weighted by Gasteiger charge is -2.43. The van der Waals surface area contributed by atoms with Crippen molar-refractivity contribution in [3.8, 4) is 5.75 Å². The third kappa shape index (κ3) is 4.30. The molecule has 4 N–H and O–H groups in total. The van der Waals surface area contributed by atoms with E-state index in [2.05, 4.69) is 5.32 Å².